The van der Waals surface area contributed by atoms with Crippen molar-refractivity contribution in [2.24, 2.45) is 0 Å². The number of likely N-dealkylation sites (tertiary alicyclic amines) is 1. The lowest BCUT2D eigenvalue weighted by Gasteiger charge is -2.13. The molecule has 4 nitrogen and oxygen atoms in total. The minimum absolute atomic E-state index is 0.0718. The molecule has 1 fully saturated rings. The Balaban J connectivity index is 2.17. The van der Waals surface area contributed by atoms with Crippen molar-refractivity contribution >= 4 is 17.5 Å². The third-order valence-corrected chi connectivity index (χ3v) is 2.40. The maximum atomic E-state index is 11.8. The van der Waals surface area contributed by atoms with Gasteiger partial charge in [-0.15, -0.1) is 0 Å². The highest BCUT2D eigenvalue weighted by atomic mass is 35.5. The Morgan fingerprint density at radius 1 is 1.36 bits per heavy atom. The monoisotopic (exact) mass is 211 g/mol. The summed E-state index contributed by atoms with van der Waals surface area (Å²) in [5.41, 5.74) is 0.333. The van der Waals surface area contributed by atoms with Gasteiger partial charge in [0.05, 0.1) is 12.4 Å². The number of carbonyl (C=O) groups is 1. The fourth-order valence-electron chi connectivity index (χ4n) is 1.53. The first-order valence-electron chi connectivity index (χ1n) is 4.54. The Morgan fingerprint density at radius 3 is 2.71 bits per heavy atom. The number of rotatable bonds is 1. The van der Waals surface area contributed by atoms with Crippen molar-refractivity contribution in [1.29, 1.82) is 0 Å². The number of amides is 1. The van der Waals surface area contributed by atoms with Crippen LogP contribution in [0.4, 0.5) is 0 Å². The number of hydrogen-bond donors (Lipinski definition) is 0. The molecule has 1 aromatic rings. The van der Waals surface area contributed by atoms with Crippen molar-refractivity contribution in [2.75, 3.05) is 13.1 Å². The van der Waals surface area contributed by atoms with E-state index < -0.39 is 0 Å². The maximum absolute atomic E-state index is 11.8. The van der Waals surface area contributed by atoms with Gasteiger partial charge in [-0.25, -0.2) is 4.98 Å². The first-order valence-corrected chi connectivity index (χ1v) is 4.92. The van der Waals surface area contributed by atoms with E-state index in [-0.39, 0.29) is 11.1 Å². The van der Waals surface area contributed by atoms with E-state index in [0.717, 1.165) is 25.9 Å². The Labute approximate surface area is 86.9 Å². The van der Waals surface area contributed by atoms with Crippen LogP contribution in [-0.2, 0) is 0 Å². The van der Waals surface area contributed by atoms with Crippen LogP contribution in [0.1, 0.15) is 23.3 Å². The summed E-state index contributed by atoms with van der Waals surface area (Å²) in [4.78, 5) is 21.3. The van der Waals surface area contributed by atoms with Gasteiger partial charge in [-0.2, -0.15) is 0 Å². The van der Waals surface area contributed by atoms with Gasteiger partial charge in [0.25, 0.3) is 5.91 Å². The van der Waals surface area contributed by atoms with Crippen molar-refractivity contribution in [1.82, 2.24) is 14.9 Å². The van der Waals surface area contributed by atoms with E-state index >= 15 is 0 Å². The fourth-order valence-corrected chi connectivity index (χ4v) is 1.67. The van der Waals surface area contributed by atoms with Gasteiger partial charge in [-0.05, 0) is 12.8 Å². The summed E-state index contributed by atoms with van der Waals surface area (Å²) in [5.74, 6) is -0.0718. The normalized spacial score (nSPS) is 15.9. The van der Waals surface area contributed by atoms with Crippen molar-refractivity contribution in [3.63, 3.8) is 0 Å². The van der Waals surface area contributed by atoms with Gasteiger partial charge >= 0.3 is 0 Å². The summed E-state index contributed by atoms with van der Waals surface area (Å²) in [5, 5.41) is 0.259. The summed E-state index contributed by atoms with van der Waals surface area (Å²) in [7, 11) is 0. The average Bonchev–Trinajstić information content (AvgIpc) is 2.69. The highest BCUT2D eigenvalue weighted by Crippen LogP contribution is 2.12. The molecule has 0 bridgehead atoms. The zero-order chi connectivity index (χ0) is 9.97. The van der Waals surface area contributed by atoms with Crippen LogP contribution in [0.5, 0.6) is 0 Å². The van der Waals surface area contributed by atoms with Crippen molar-refractivity contribution in [2.45, 2.75) is 12.8 Å². The highest BCUT2D eigenvalue weighted by molar-refractivity contribution is 6.29. The fraction of sp³-hybridized carbons (Fsp3) is 0.444. The third-order valence-electron chi connectivity index (χ3n) is 2.22. The molecule has 0 atom stereocenters. The largest absolute Gasteiger partial charge is 0.337 e. The van der Waals surface area contributed by atoms with Crippen LogP contribution in [0.15, 0.2) is 12.4 Å². The quantitative estimate of drug-likeness (QED) is 0.705. The minimum Gasteiger partial charge on any atom is -0.337 e. The molecule has 0 saturated carbocycles. The second-order valence-corrected chi connectivity index (χ2v) is 3.61. The van der Waals surface area contributed by atoms with Crippen LogP contribution >= 0.6 is 11.6 Å². The van der Waals surface area contributed by atoms with Crippen molar-refractivity contribution < 1.29 is 4.79 Å². The van der Waals surface area contributed by atoms with Crippen LogP contribution < -0.4 is 0 Å². The molecule has 14 heavy (non-hydrogen) atoms. The highest BCUT2D eigenvalue weighted by Gasteiger charge is 2.20. The Bertz CT molecular complexity index is 350. The average molecular weight is 212 g/mol. The molecule has 0 spiro atoms. The van der Waals surface area contributed by atoms with Gasteiger partial charge in [-0.1, -0.05) is 11.6 Å². The van der Waals surface area contributed by atoms with E-state index in [2.05, 4.69) is 9.97 Å². The lowest BCUT2D eigenvalue weighted by Crippen LogP contribution is -2.28. The van der Waals surface area contributed by atoms with E-state index in [1.54, 1.807) is 4.90 Å². The van der Waals surface area contributed by atoms with Crippen molar-refractivity contribution in [3.8, 4) is 0 Å². The molecular weight excluding hydrogens is 202 g/mol. The second-order valence-electron chi connectivity index (χ2n) is 3.23. The molecule has 0 aliphatic carbocycles. The Hall–Kier alpha value is -1.16. The van der Waals surface area contributed by atoms with Crippen LogP contribution in [0.25, 0.3) is 0 Å². The lowest BCUT2D eigenvalue weighted by molar-refractivity contribution is 0.0786. The molecule has 0 radical (unpaired) electrons. The molecule has 1 amide bonds. The smallest absolute Gasteiger partial charge is 0.274 e. The number of carbonyl (C=O) groups excluding carboxylic acids is 1. The van der Waals surface area contributed by atoms with Gasteiger partial charge in [0.1, 0.15) is 10.8 Å². The van der Waals surface area contributed by atoms with Gasteiger partial charge in [0, 0.05) is 13.1 Å². The van der Waals surface area contributed by atoms with E-state index in [1.165, 1.54) is 12.4 Å². The van der Waals surface area contributed by atoms with Crippen LogP contribution in [-0.4, -0.2) is 33.9 Å². The molecule has 1 aliphatic heterocycles. The molecule has 0 N–H and O–H groups in total. The predicted octanol–water partition coefficient (Wildman–Crippen LogP) is 1.37. The topological polar surface area (TPSA) is 46.1 Å². The van der Waals surface area contributed by atoms with Gasteiger partial charge in [0.15, 0.2) is 0 Å². The van der Waals surface area contributed by atoms with Crippen LogP contribution in [0.2, 0.25) is 5.15 Å². The van der Waals surface area contributed by atoms with E-state index in [1.807, 2.05) is 0 Å². The van der Waals surface area contributed by atoms with E-state index in [4.69, 9.17) is 11.6 Å². The Morgan fingerprint density at radius 2 is 2.07 bits per heavy atom. The molecule has 2 heterocycles. The molecule has 2 rings (SSSR count). The standard InChI is InChI=1S/C9H10ClN3O/c10-8-6-11-5-7(12-8)9(14)13-3-1-2-4-13/h5-6H,1-4H2. The SMILES string of the molecule is O=C(c1cncc(Cl)n1)N1CCCC1. The van der Waals surface area contributed by atoms with Crippen LogP contribution in [0, 0.1) is 0 Å². The van der Waals surface area contributed by atoms with E-state index in [9.17, 15) is 4.79 Å². The first kappa shape index (κ1) is 9.40. The summed E-state index contributed by atoms with van der Waals surface area (Å²) in [6.45, 7) is 1.63. The van der Waals surface area contributed by atoms with Crippen molar-refractivity contribution in [3.05, 3.63) is 23.2 Å². The molecule has 1 saturated heterocycles. The molecular formula is C9H10ClN3O. The zero-order valence-corrected chi connectivity index (χ0v) is 8.37. The van der Waals surface area contributed by atoms with Gasteiger partial charge in [0.2, 0.25) is 0 Å². The number of halogens is 1. The predicted molar refractivity (Wildman–Crippen MR) is 52.2 cm³/mol. The summed E-state index contributed by atoms with van der Waals surface area (Å²) in [6, 6.07) is 0. The maximum Gasteiger partial charge on any atom is 0.274 e. The zero-order valence-electron chi connectivity index (χ0n) is 7.61. The minimum atomic E-state index is -0.0718. The number of nitrogens with zero attached hydrogens (tertiary/aromatic N) is 3. The molecule has 1 aromatic heterocycles. The lowest BCUT2D eigenvalue weighted by atomic mass is 10.4. The molecule has 0 unspecified atom stereocenters. The second kappa shape index (κ2) is 3.92. The van der Waals surface area contributed by atoms with Crippen LogP contribution in [0.3, 0.4) is 0 Å². The summed E-state index contributed by atoms with van der Waals surface area (Å²) >= 11 is 5.65. The first-order chi connectivity index (χ1) is 6.77. The Kier molecular flexibility index (Phi) is 2.63. The number of hydrogen-bond acceptors (Lipinski definition) is 3. The molecule has 0 aromatic carbocycles. The summed E-state index contributed by atoms with van der Waals surface area (Å²) < 4.78 is 0. The van der Waals surface area contributed by atoms with Gasteiger partial charge < -0.3 is 4.90 Å². The molecule has 1 aliphatic rings. The number of aromatic nitrogens is 2. The molecule has 5 heteroatoms. The third kappa shape index (κ3) is 1.85. The summed E-state index contributed by atoms with van der Waals surface area (Å²) in [6.07, 6.45) is 5.01. The van der Waals surface area contributed by atoms with E-state index in [0.29, 0.717) is 5.69 Å². The van der Waals surface area contributed by atoms with Gasteiger partial charge in [-0.3, -0.25) is 9.78 Å². The molecule has 74 valence electrons.